The molecule has 0 N–H and O–H groups in total. The molecular weight excluding hydrogens is 144 g/mol. The average Bonchev–Trinajstić information content (AvgIpc) is 2.09. The molecule has 0 saturated carbocycles. The van der Waals surface area contributed by atoms with Gasteiger partial charge in [-0.05, 0) is 16.9 Å². The molecule has 0 heterocycles. The van der Waals surface area contributed by atoms with Gasteiger partial charge in [-0.2, -0.15) is 0 Å². The summed E-state index contributed by atoms with van der Waals surface area (Å²) in [4.78, 5) is 0. The molecule has 0 saturated heterocycles. The van der Waals surface area contributed by atoms with Gasteiger partial charge in [-0.15, -0.1) is 0 Å². The Kier molecular flexibility index (Phi) is 2.87. The molecule has 0 spiro atoms. The molecule has 0 bridgehead atoms. The molecule has 0 unspecified atom stereocenters. The van der Waals surface area contributed by atoms with Crippen molar-refractivity contribution in [3.63, 3.8) is 0 Å². The van der Waals surface area contributed by atoms with Crippen LogP contribution in [0.5, 0.6) is 0 Å². The van der Waals surface area contributed by atoms with Crippen LogP contribution < -0.4 is 10.4 Å². The van der Waals surface area contributed by atoms with Crippen molar-refractivity contribution in [2.24, 2.45) is 0 Å². The van der Waals surface area contributed by atoms with E-state index in [-0.39, 0.29) is 0 Å². The molecule has 0 aromatic heterocycles. The minimum atomic E-state index is 0.994. The van der Waals surface area contributed by atoms with E-state index in [1.54, 1.807) is 0 Å². The molecule has 0 heteroatoms. The summed E-state index contributed by atoms with van der Waals surface area (Å²) in [7, 11) is 0. The first-order chi connectivity index (χ1) is 5.74. The van der Waals surface area contributed by atoms with Gasteiger partial charge in [-0.3, -0.25) is 0 Å². The molecule has 0 amide bonds. The van der Waals surface area contributed by atoms with Crippen LogP contribution in [-0.4, -0.2) is 0 Å². The lowest BCUT2D eigenvalue weighted by Crippen LogP contribution is -2.21. The van der Waals surface area contributed by atoms with E-state index in [0.717, 1.165) is 17.2 Å². The maximum atomic E-state index is 3.94. The summed E-state index contributed by atoms with van der Waals surface area (Å²) in [6.07, 6.45) is 3.08. The van der Waals surface area contributed by atoms with Gasteiger partial charge in [0, 0.05) is 0 Å². The summed E-state index contributed by atoms with van der Waals surface area (Å²) in [5.74, 6) is 0. The lowest BCUT2D eigenvalue weighted by Gasteiger charge is -1.92. The van der Waals surface area contributed by atoms with Gasteiger partial charge in [0.25, 0.3) is 0 Å². The van der Waals surface area contributed by atoms with E-state index < -0.39 is 0 Å². The number of rotatable bonds is 2. The Balaban J connectivity index is 3.19. The summed E-state index contributed by atoms with van der Waals surface area (Å²) in [6.45, 7) is 9.96. The first kappa shape index (κ1) is 8.79. The lowest BCUT2D eigenvalue weighted by atomic mass is 10.1. The molecule has 0 aliphatic heterocycles. The zero-order valence-electron chi connectivity index (χ0n) is 7.51. The van der Waals surface area contributed by atoms with E-state index in [1.165, 1.54) is 5.22 Å². The summed E-state index contributed by atoms with van der Waals surface area (Å²) < 4.78 is 0. The zero-order chi connectivity index (χ0) is 8.97. The maximum Gasteiger partial charge on any atom is -0.0187 e. The van der Waals surface area contributed by atoms with Gasteiger partial charge in [-0.1, -0.05) is 56.0 Å². The fourth-order valence-corrected chi connectivity index (χ4v) is 0.997. The highest BCUT2D eigenvalue weighted by molar-refractivity contribution is 5.44. The topological polar surface area (TPSA) is 0 Å². The average molecular weight is 158 g/mol. The molecule has 12 heavy (non-hydrogen) atoms. The molecule has 62 valence electrons. The van der Waals surface area contributed by atoms with Crippen molar-refractivity contribution in [1.29, 1.82) is 0 Å². The molecule has 1 aromatic carbocycles. The van der Waals surface area contributed by atoms with Crippen molar-refractivity contribution in [3.8, 4) is 0 Å². The molecule has 1 aromatic rings. The summed E-state index contributed by atoms with van der Waals surface area (Å²) in [6, 6.07) is 8.08. The molecule has 1 rings (SSSR count). The van der Waals surface area contributed by atoms with Crippen molar-refractivity contribution in [1.82, 2.24) is 0 Å². The van der Waals surface area contributed by atoms with Crippen LogP contribution in [0, 0.1) is 0 Å². The van der Waals surface area contributed by atoms with Gasteiger partial charge in [-0.25, -0.2) is 0 Å². The standard InChI is InChI=1S/C12H14/c1-4-10(2)9-12-8-6-5-7-11(12)3/h5-9H,2-4H2,1H3/b12-9-. The van der Waals surface area contributed by atoms with Crippen LogP contribution in [0.1, 0.15) is 13.3 Å². The van der Waals surface area contributed by atoms with Crippen molar-refractivity contribution in [2.45, 2.75) is 13.3 Å². The predicted molar refractivity (Wildman–Crippen MR) is 55.1 cm³/mol. The van der Waals surface area contributed by atoms with E-state index in [1.807, 2.05) is 18.2 Å². The van der Waals surface area contributed by atoms with Gasteiger partial charge in [0.15, 0.2) is 0 Å². The fraction of sp³-hybridized carbons (Fsp3) is 0.167. The Bertz CT molecular complexity index is 371. The predicted octanol–water partition coefficient (Wildman–Crippen LogP) is 1.84. The molecular formula is C12H14. The Morgan fingerprint density at radius 2 is 2.08 bits per heavy atom. The van der Waals surface area contributed by atoms with Crippen LogP contribution >= 0.6 is 0 Å². The molecule has 0 radical (unpaired) electrons. The number of hydrogen-bond donors (Lipinski definition) is 0. The van der Waals surface area contributed by atoms with Crippen LogP contribution in [0.3, 0.4) is 0 Å². The van der Waals surface area contributed by atoms with Crippen molar-refractivity contribution < 1.29 is 0 Å². The van der Waals surface area contributed by atoms with Gasteiger partial charge < -0.3 is 0 Å². The van der Waals surface area contributed by atoms with Crippen LogP contribution in [0.15, 0.2) is 36.4 Å². The third-order valence-corrected chi connectivity index (χ3v) is 1.87. The third-order valence-electron chi connectivity index (χ3n) is 1.87. The monoisotopic (exact) mass is 158 g/mol. The Morgan fingerprint density at radius 3 is 2.67 bits per heavy atom. The maximum absolute atomic E-state index is 3.94. The second-order valence-corrected chi connectivity index (χ2v) is 2.85. The van der Waals surface area contributed by atoms with E-state index in [9.17, 15) is 0 Å². The highest BCUT2D eigenvalue weighted by Gasteiger charge is 1.83. The summed E-state index contributed by atoms with van der Waals surface area (Å²) in [5.41, 5.74) is 1.14. The van der Waals surface area contributed by atoms with E-state index >= 15 is 0 Å². The number of allylic oxidation sites excluding steroid dienone is 1. The largest absolute Gasteiger partial charge is 0.0958 e. The van der Waals surface area contributed by atoms with Crippen LogP contribution in [-0.2, 0) is 0 Å². The molecule has 0 atom stereocenters. The first-order valence-corrected chi connectivity index (χ1v) is 4.17. The van der Waals surface area contributed by atoms with Crippen molar-refractivity contribution >= 4 is 12.7 Å². The molecule has 0 nitrogen and oxygen atoms in total. The summed E-state index contributed by atoms with van der Waals surface area (Å²) in [5, 5.41) is 2.23. The Hall–Kier alpha value is -1.30. The minimum absolute atomic E-state index is 0.994. The van der Waals surface area contributed by atoms with Gasteiger partial charge >= 0.3 is 0 Å². The van der Waals surface area contributed by atoms with Crippen LogP contribution in [0.2, 0.25) is 0 Å². The van der Waals surface area contributed by atoms with E-state index in [0.29, 0.717) is 0 Å². The second-order valence-electron chi connectivity index (χ2n) is 2.85. The quantitative estimate of drug-likeness (QED) is 0.616. The van der Waals surface area contributed by atoms with E-state index in [4.69, 9.17) is 0 Å². The van der Waals surface area contributed by atoms with Gasteiger partial charge in [0.05, 0.1) is 0 Å². The van der Waals surface area contributed by atoms with Crippen LogP contribution in [0.4, 0.5) is 0 Å². The summed E-state index contributed by atoms with van der Waals surface area (Å²) >= 11 is 0. The number of benzene rings is 1. The third kappa shape index (κ3) is 2.09. The van der Waals surface area contributed by atoms with Crippen molar-refractivity contribution in [3.05, 3.63) is 46.9 Å². The minimum Gasteiger partial charge on any atom is -0.0958 e. The Labute approximate surface area is 73.6 Å². The first-order valence-electron chi connectivity index (χ1n) is 4.17. The highest BCUT2D eigenvalue weighted by Crippen LogP contribution is 1.95. The van der Waals surface area contributed by atoms with E-state index in [2.05, 4.69) is 32.2 Å². The lowest BCUT2D eigenvalue weighted by molar-refractivity contribution is 1.18. The normalized spacial score (nSPS) is 11.6. The van der Waals surface area contributed by atoms with Gasteiger partial charge in [0.2, 0.25) is 0 Å². The second kappa shape index (κ2) is 3.91. The van der Waals surface area contributed by atoms with Crippen molar-refractivity contribution in [2.75, 3.05) is 0 Å². The van der Waals surface area contributed by atoms with Gasteiger partial charge in [0.1, 0.15) is 0 Å². The van der Waals surface area contributed by atoms with Crippen LogP contribution in [0.25, 0.3) is 12.7 Å². The zero-order valence-corrected chi connectivity index (χ0v) is 7.51. The SMILES string of the molecule is C=C(/C=c1/ccccc1=C)CC. The highest BCUT2D eigenvalue weighted by atomic mass is 13.9. The smallest absolute Gasteiger partial charge is 0.0187 e. The Morgan fingerprint density at radius 1 is 1.42 bits per heavy atom. The number of hydrogen-bond acceptors (Lipinski definition) is 0. The fourth-order valence-electron chi connectivity index (χ4n) is 0.997. The molecule has 0 aliphatic rings. The molecule has 0 fully saturated rings. The molecule has 0 aliphatic carbocycles.